The maximum atomic E-state index is 13.1. The van der Waals surface area contributed by atoms with Crippen LogP contribution in [0.2, 0.25) is 0 Å². The highest BCUT2D eigenvalue weighted by atomic mass is 19.1. The number of nitrogens with zero attached hydrogens (tertiary/aromatic N) is 1. The van der Waals surface area contributed by atoms with Crippen molar-refractivity contribution in [2.24, 2.45) is 0 Å². The predicted octanol–water partition coefficient (Wildman–Crippen LogP) is 4.07. The number of benzene rings is 2. The molecule has 1 heterocycles. The van der Waals surface area contributed by atoms with Crippen LogP contribution in [-0.2, 0) is 11.2 Å². The summed E-state index contributed by atoms with van der Waals surface area (Å²) < 4.78 is 29.4. The third kappa shape index (κ3) is 4.63. The summed E-state index contributed by atoms with van der Waals surface area (Å²) in [4.78, 5) is 16.2. The number of methoxy groups -OCH3 is 2. The van der Waals surface area contributed by atoms with E-state index in [9.17, 15) is 9.18 Å². The molecule has 0 saturated carbocycles. The van der Waals surface area contributed by atoms with Crippen molar-refractivity contribution in [1.82, 2.24) is 4.98 Å². The van der Waals surface area contributed by atoms with E-state index in [4.69, 9.17) is 13.9 Å². The SMILES string of the molecule is COc1ccc(-c2cnc(CCC(=O)Nc3cccc(F)c3)o2)c(OC)c1. The largest absolute Gasteiger partial charge is 0.497 e. The molecule has 0 bridgehead atoms. The summed E-state index contributed by atoms with van der Waals surface area (Å²) in [7, 11) is 3.14. The number of carbonyl (C=O) groups excluding carboxylic acids is 1. The Kier molecular flexibility index (Phi) is 5.71. The molecule has 0 aliphatic rings. The van der Waals surface area contributed by atoms with E-state index in [2.05, 4.69) is 10.3 Å². The monoisotopic (exact) mass is 370 g/mol. The zero-order valence-corrected chi connectivity index (χ0v) is 15.0. The molecule has 0 unspecified atom stereocenters. The summed E-state index contributed by atoms with van der Waals surface area (Å²) in [5.74, 6) is 1.58. The van der Waals surface area contributed by atoms with Crippen molar-refractivity contribution in [3.63, 3.8) is 0 Å². The standard InChI is InChI=1S/C20H19FN2O4/c1-25-15-6-7-16(17(11-15)26-2)18-12-22-20(27-18)9-8-19(24)23-14-5-3-4-13(21)10-14/h3-7,10-12H,8-9H2,1-2H3,(H,23,24). The van der Waals surface area contributed by atoms with Crippen molar-refractivity contribution in [2.75, 3.05) is 19.5 Å². The predicted molar refractivity (Wildman–Crippen MR) is 98.4 cm³/mol. The quantitative estimate of drug-likeness (QED) is 0.679. The van der Waals surface area contributed by atoms with Gasteiger partial charge in [0, 0.05) is 24.6 Å². The normalized spacial score (nSPS) is 10.5. The molecular formula is C20H19FN2O4. The number of aryl methyl sites for hydroxylation is 1. The average Bonchev–Trinajstić information content (AvgIpc) is 3.14. The second-order valence-electron chi connectivity index (χ2n) is 5.74. The topological polar surface area (TPSA) is 73.6 Å². The second-order valence-corrected chi connectivity index (χ2v) is 5.74. The lowest BCUT2D eigenvalue weighted by Gasteiger charge is -2.08. The van der Waals surface area contributed by atoms with Crippen LogP contribution >= 0.6 is 0 Å². The Bertz CT molecular complexity index is 939. The van der Waals surface area contributed by atoms with Gasteiger partial charge < -0.3 is 19.2 Å². The van der Waals surface area contributed by atoms with Crippen LogP contribution in [0.15, 0.2) is 53.1 Å². The van der Waals surface area contributed by atoms with Crippen LogP contribution < -0.4 is 14.8 Å². The zero-order chi connectivity index (χ0) is 19.2. The van der Waals surface area contributed by atoms with E-state index in [-0.39, 0.29) is 12.3 Å². The van der Waals surface area contributed by atoms with Crippen LogP contribution in [-0.4, -0.2) is 25.1 Å². The number of aromatic nitrogens is 1. The molecule has 0 fully saturated rings. The summed E-state index contributed by atoms with van der Waals surface area (Å²) in [6.45, 7) is 0. The molecule has 1 N–H and O–H groups in total. The maximum Gasteiger partial charge on any atom is 0.224 e. The van der Waals surface area contributed by atoms with Crippen molar-refractivity contribution >= 4 is 11.6 Å². The van der Waals surface area contributed by atoms with Crippen molar-refractivity contribution in [3.05, 3.63) is 60.4 Å². The van der Waals surface area contributed by atoms with Gasteiger partial charge >= 0.3 is 0 Å². The minimum Gasteiger partial charge on any atom is -0.497 e. The highest BCUT2D eigenvalue weighted by Crippen LogP contribution is 2.33. The molecule has 3 rings (SSSR count). The Balaban J connectivity index is 1.63. The van der Waals surface area contributed by atoms with Crippen LogP contribution in [0.4, 0.5) is 10.1 Å². The van der Waals surface area contributed by atoms with Gasteiger partial charge in [-0.1, -0.05) is 6.07 Å². The summed E-state index contributed by atoms with van der Waals surface area (Å²) >= 11 is 0. The third-order valence-corrected chi connectivity index (χ3v) is 3.90. The van der Waals surface area contributed by atoms with Crippen LogP contribution in [0.5, 0.6) is 11.5 Å². The van der Waals surface area contributed by atoms with Gasteiger partial charge in [0.15, 0.2) is 11.7 Å². The Hall–Kier alpha value is -3.35. The Morgan fingerprint density at radius 1 is 1.19 bits per heavy atom. The molecular weight excluding hydrogens is 351 g/mol. The van der Waals surface area contributed by atoms with E-state index in [0.29, 0.717) is 35.3 Å². The Morgan fingerprint density at radius 3 is 2.78 bits per heavy atom. The number of halogens is 1. The lowest BCUT2D eigenvalue weighted by atomic mass is 10.1. The summed E-state index contributed by atoms with van der Waals surface area (Å²) in [5.41, 5.74) is 1.15. The fourth-order valence-corrected chi connectivity index (χ4v) is 2.56. The number of carbonyl (C=O) groups is 1. The van der Waals surface area contributed by atoms with Crippen molar-refractivity contribution in [2.45, 2.75) is 12.8 Å². The molecule has 0 saturated heterocycles. The van der Waals surface area contributed by atoms with Crippen molar-refractivity contribution in [3.8, 4) is 22.8 Å². The van der Waals surface area contributed by atoms with Gasteiger partial charge in [0.05, 0.1) is 26.0 Å². The first kappa shape index (κ1) is 18.4. The molecule has 0 spiro atoms. The van der Waals surface area contributed by atoms with Gasteiger partial charge in [-0.25, -0.2) is 9.37 Å². The van der Waals surface area contributed by atoms with Gasteiger partial charge in [0.1, 0.15) is 17.3 Å². The molecule has 6 nitrogen and oxygen atoms in total. The summed E-state index contributed by atoms with van der Waals surface area (Å²) in [6.07, 6.45) is 2.07. The Morgan fingerprint density at radius 2 is 2.04 bits per heavy atom. The number of nitrogens with one attached hydrogen (secondary N) is 1. The minimum atomic E-state index is -0.404. The van der Waals surface area contributed by atoms with Gasteiger partial charge in [-0.05, 0) is 30.3 Å². The fraction of sp³-hybridized carbons (Fsp3) is 0.200. The molecule has 3 aromatic rings. The van der Waals surface area contributed by atoms with Gasteiger partial charge in [-0.15, -0.1) is 0 Å². The second kappa shape index (κ2) is 8.35. The van der Waals surface area contributed by atoms with E-state index in [1.165, 1.54) is 18.2 Å². The lowest BCUT2D eigenvalue weighted by molar-refractivity contribution is -0.116. The highest BCUT2D eigenvalue weighted by Gasteiger charge is 2.14. The first-order valence-corrected chi connectivity index (χ1v) is 8.31. The molecule has 0 atom stereocenters. The molecule has 1 aromatic heterocycles. The zero-order valence-electron chi connectivity index (χ0n) is 15.0. The van der Waals surface area contributed by atoms with Gasteiger partial charge in [0.2, 0.25) is 5.91 Å². The maximum absolute atomic E-state index is 13.1. The third-order valence-electron chi connectivity index (χ3n) is 3.90. The average molecular weight is 370 g/mol. The van der Waals surface area contributed by atoms with Gasteiger partial charge in [0.25, 0.3) is 0 Å². The number of ether oxygens (including phenoxy) is 2. The molecule has 7 heteroatoms. The fourth-order valence-electron chi connectivity index (χ4n) is 2.56. The summed E-state index contributed by atoms with van der Waals surface area (Å²) in [6, 6.07) is 11.1. The number of amides is 1. The molecule has 140 valence electrons. The van der Waals surface area contributed by atoms with E-state index < -0.39 is 5.82 Å². The van der Waals surface area contributed by atoms with E-state index in [1.807, 2.05) is 6.07 Å². The number of hydrogen-bond acceptors (Lipinski definition) is 5. The van der Waals surface area contributed by atoms with Gasteiger partial charge in [-0.2, -0.15) is 0 Å². The molecule has 0 radical (unpaired) electrons. The first-order valence-electron chi connectivity index (χ1n) is 8.31. The minimum absolute atomic E-state index is 0.163. The van der Waals surface area contributed by atoms with Gasteiger partial charge in [-0.3, -0.25) is 4.79 Å². The van der Waals surface area contributed by atoms with Crippen LogP contribution in [0, 0.1) is 5.82 Å². The van der Waals surface area contributed by atoms with Crippen LogP contribution in [0.25, 0.3) is 11.3 Å². The molecule has 27 heavy (non-hydrogen) atoms. The van der Waals surface area contributed by atoms with E-state index in [0.717, 1.165) is 5.56 Å². The molecule has 0 aliphatic carbocycles. The van der Waals surface area contributed by atoms with E-state index >= 15 is 0 Å². The highest BCUT2D eigenvalue weighted by molar-refractivity contribution is 5.90. The van der Waals surface area contributed by atoms with E-state index in [1.54, 1.807) is 38.6 Å². The molecule has 2 aromatic carbocycles. The van der Waals surface area contributed by atoms with Crippen molar-refractivity contribution < 1.29 is 23.1 Å². The molecule has 0 aliphatic heterocycles. The summed E-state index contributed by atoms with van der Waals surface area (Å²) in [5, 5.41) is 2.64. The number of oxazole rings is 1. The molecule has 1 amide bonds. The number of hydrogen-bond donors (Lipinski definition) is 1. The lowest BCUT2D eigenvalue weighted by Crippen LogP contribution is -2.12. The number of rotatable bonds is 7. The first-order chi connectivity index (χ1) is 13.1. The van der Waals surface area contributed by atoms with Crippen LogP contribution in [0.3, 0.4) is 0 Å². The van der Waals surface area contributed by atoms with Crippen molar-refractivity contribution in [1.29, 1.82) is 0 Å². The Labute approximate surface area is 155 Å². The number of anilines is 1. The van der Waals surface area contributed by atoms with Crippen LogP contribution in [0.1, 0.15) is 12.3 Å². The smallest absolute Gasteiger partial charge is 0.224 e.